The van der Waals surface area contributed by atoms with Gasteiger partial charge in [0.05, 0.1) is 32.7 Å². The Hall–Kier alpha value is -1.99. The second-order valence-electron chi connectivity index (χ2n) is 6.29. The van der Waals surface area contributed by atoms with Crippen LogP contribution in [0.15, 0.2) is 18.2 Å². The smallest absolute Gasteiger partial charge is 0.306 e. The topological polar surface area (TPSA) is 88.1 Å². The highest BCUT2D eigenvalue weighted by molar-refractivity contribution is 5.85. The molecule has 0 saturated carbocycles. The molecular weight excluding hydrogens is 360 g/mol. The minimum absolute atomic E-state index is 0. The summed E-state index contributed by atoms with van der Waals surface area (Å²) < 4.78 is 10.6. The van der Waals surface area contributed by atoms with Gasteiger partial charge in [-0.3, -0.25) is 14.5 Å². The van der Waals surface area contributed by atoms with Crippen LogP contribution in [0.2, 0.25) is 0 Å². The van der Waals surface area contributed by atoms with Crippen LogP contribution in [0.3, 0.4) is 0 Å². The third kappa shape index (κ3) is 5.78. The minimum Gasteiger partial charge on any atom is -0.497 e. The Kier molecular flexibility index (Phi) is 8.68. The first-order valence-electron chi connectivity index (χ1n) is 8.41. The van der Waals surface area contributed by atoms with Crippen molar-refractivity contribution in [1.82, 2.24) is 10.2 Å². The van der Waals surface area contributed by atoms with Crippen LogP contribution in [0.5, 0.6) is 11.5 Å². The van der Waals surface area contributed by atoms with Gasteiger partial charge in [-0.05, 0) is 51.1 Å². The molecule has 0 aliphatic carbocycles. The predicted molar refractivity (Wildman–Crippen MR) is 100 cm³/mol. The van der Waals surface area contributed by atoms with Gasteiger partial charge in [0.15, 0.2) is 0 Å². The van der Waals surface area contributed by atoms with Gasteiger partial charge in [-0.1, -0.05) is 0 Å². The Balaban J connectivity index is 0.00000338. The van der Waals surface area contributed by atoms with Crippen molar-refractivity contribution in [1.29, 1.82) is 0 Å². The Morgan fingerprint density at radius 2 is 1.92 bits per heavy atom. The number of halogens is 1. The quantitative estimate of drug-likeness (QED) is 0.746. The van der Waals surface area contributed by atoms with E-state index in [9.17, 15) is 9.59 Å². The zero-order chi connectivity index (χ0) is 18.4. The Labute approximate surface area is 160 Å². The van der Waals surface area contributed by atoms with Crippen LogP contribution >= 0.6 is 12.4 Å². The number of nitrogens with zero attached hydrogens (tertiary/aromatic N) is 1. The number of carbonyl (C=O) groups is 2. The molecule has 1 atom stereocenters. The zero-order valence-electron chi connectivity index (χ0n) is 15.4. The van der Waals surface area contributed by atoms with Gasteiger partial charge in [0.2, 0.25) is 5.91 Å². The normalized spacial score (nSPS) is 16.3. The number of ether oxygens (including phenoxy) is 2. The Morgan fingerprint density at radius 3 is 2.46 bits per heavy atom. The van der Waals surface area contributed by atoms with Crippen molar-refractivity contribution < 1.29 is 24.2 Å². The average Bonchev–Trinajstić information content (AvgIpc) is 2.61. The maximum absolute atomic E-state index is 12.3. The molecule has 1 unspecified atom stereocenters. The molecule has 2 N–H and O–H groups in total. The molecule has 1 aliphatic heterocycles. The molecular formula is C18H27ClN2O5. The first-order chi connectivity index (χ1) is 11.9. The van der Waals surface area contributed by atoms with E-state index in [1.165, 1.54) is 0 Å². The number of hydrogen-bond acceptors (Lipinski definition) is 5. The van der Waals surface area contributed by atoms with Crippen molar-refractivity contribution in [2.75, 3.05) is 33.9 Å². The number of aliphatic carboxylic acids is 1. The van der Waals surface area contributed by atoms with E-state index in [-0.39, 0.29) is 36.8 Å². The van der Waals surface area contributed by atoms with E-state index in [1.54, 1.807) is 14.2 Å². The molecule has 1 saturated heterocycles. The van der Waals surface area contributed by atoms with E-state index in [1.807, 2.05) is 30.0 Å². The maximum atomic E-state index is 12.3. The fourth-order valence-electron chi connectivity index (χ4n) is 3.08. The molecule has 1 fully saturated rings. The zero-order valence-corrected chi connectivity index (χ0v) is 16.2. The summed E-state index contributed by atoms with van der Waals surface area (Å²) in [4.78, 5) is 25.3. The summed E-state index contributed by atoms with van der Waals surface area (Å²) in [5.74, 6) is 0.261. The van der Waals surface area contributed by atoms with E-state index in [0.29, 0.717) is 37.4 Å². The lowest BCUT2D eigenvalue weighted by Gasteiger charge is -2.29. The third-order valence-corrected chi connectivity index (χ3v) is 4.58. The van der Waals surface area contributed by atoms with Crippen molar-refractivity contribution in [2.24, 2.45) is 5.92 Å². The molecule has 0 aromatic heterocycles. The van der Waals surface area contributed by atoms with Crippen LogP contribution in [0.4, 0.5) is 0 Å². The van der Waals surface area contributed by atoms with Crippen LogP contribution in [-0.2, 0) is 9.59 Å². The van der Waals surface area contributed by atoms with Gasteiger partial charge in [0.25, 0.3) is 0 Å². The van der Waals surface area contributed by atoms with Crippen LogP contribution in [0.25, 0.3) is 0 Å². The number of piperidine rings is 1. The molecule has 0 radical (unpaired) electrons. The molecule has 0 spiro atoms. The molecule has 2 rings (SSSR count). The van der Waals surface area contributed by atoms with Crippen molar-refractivity contribution in [2.45, 2.75) is 25.8 Å². The summed E-state index contributed by atoms with van der Waals surface area (Å²) in [7, 11) is 3.18. The summed E-state index contributed by atoms with van der Waals surface area (Å²) in [6, 6.07) is 5.24. The number of carbonyl (C=O) groups excluding carboxylic acids is 1. The van der Waals surface area contributed by atoms with Gasteiger partial charge in [0, 0.05) is 5.56 Å². The highest BCUT2D eigenvalue weighted by atomic mass is 35.5. The SMILES string of the molecule is COc1ccc(OC)c(C(C)NC(=O)CN2CCC(C(=O)O)CC2)c1.Cl. The minimum atomic E-state index is -0.747. The maximum Gasteiger partial charge on any atom is 0.306 e. The summed E-state index contributed by atoms with van der Waals surface area (Å²) >= 11 is 0. The summed E-state index contributed by atoms with van der Waals surface area (Å²) in [6.45, 7) is 3.41. The second kappa shape index (κ2) is 10.2. The van der Waals surface area contributed by atoms with E-state index in [2.05, 4.69) is 5.32 Å². The van der Waals surface area contributed by atoms with E-state index < -0.39 is 5.97 Å². The Bertz CT molecular complexity index is 618. The number of rotatable bonds is 7. The number of carboxylic acid groups (broad SMARTS) is 1. The molecule has 1 heterocycles. The van der Waals surface area contributed by atoms with Crippen molar-refractivity contribution in [3.63, 3.8) is 0 Å². The van der Waals surface area contributed by atoms with Crippen molar-refractivity contribution in [3.05, 3.63) is 23.8 Å². The van der Waals surface area contributed by atoms with Crippen molar-refractivity contribution >= 4 is 24.3 Å². The number of benzene rings is 1. The van der Waals surface area contributed by atoms with Crippen LogP contribution < -0.4 is 14.8 Å². The number of methoxy groups -OCH3 is 2. The van der Waals surface area contributed by atoms with Gasteiger partial charge in [-0.25, -0.2) is 0 Å². The van der Waals surface area contributed by atoms with Gasteiger partial charge in [-0.2, -0.15) is 0 Å². The average molecular weight is 387 g/mol. The fraction of sp³-hybridized carbons (Fsp3) is 0.556. The van der Waals surface area contributed by atoms with E-state index >= 15 is 0 Å². The number of carboxylic acids is 1. The second-order valence-corrected chi connectivity index (χ2v) is 6.29. The largest absolute Gasteiger partial charge is 0.497 e. The highest BCUT2D eigenvalue weighted by Gasteiger charge is 2.26. The fourth-order valence-corrected chi connectivity index (χ4v) is 3.08. The van der Waals surface area contributed by atoms with Crippen LogP contribution in [-0.4, -0.2) is 55.7 Å². The van der Waals surface area contributed by atoms with Crippen LogP contribution in [0.1, 0.15) is 31.4 Å². The Morgan fingerprint density at radius 1 is 1.27 bits per heavy atom. The van der Waals surface area contributed by atoms with Gasteiger partial charge >= 0.3 is 5.97 Å². The molecule has 1 aromatic rings. The highest BCUT2D eigenvalue weighted by Crippen LogP contribution is 2.29. The van der Waals surface area contributed by atoms with Crippen molar-refractivity contribution in [3.8, 4) is 11.5 Å². The molecule has 1 amide bonds. The lowest BCUT2D eigenvalue weighted by atomic mass is 9.97. The number of likely N-dealkylation sites (tertiary alicyclic amines) is 1. The molecule has 8 heteroatoms. The standard InChI is InChI=1S/C18H26N2O5.ClH/c1-12(15-10-14(24-2)4-5-16(15)25-3)19-17(21)11-20-8-6-13(7-9-20)18(22)23;/h4-5,10,12-13H,6-9,11H2,1-3H3,(H,19,21)(H,22,23);1H. The first kappa shape index (κ1) is 22.1. The molecule has 146 valence electrons. The summed E-state index contributed by atoms with van der Waals surface area (Å²) in [5, 5.41) is 12.0. The molecule has 1 aliphatic rings. The molecule has 26 heavy (non-hydrogen) atoms. The lowest BCUT2D eigenvalue weighted by molar-refractivity contribution is -0.143. The molecule has 7 nitrogen and oxygen atoms in total. The lowest BCUT2D eigenvalue weighted by Crippen LogP contribution is -2.43. The number of amides is 1. The monoisotopic (exact) mass is 386 g/mol. The van der Waals surface area contributed by atoms with Gasteiger partial charge in [0.1, 0.15) is 11.5 Å². The third-order valence-electron chi connectivity index (χ3n) is 4.58. The predicted octanol–water partition coefficient (Wildman–Crippen LogP) is 2.10. The molecule has 0 bridgehead atoms. The van der Waals surface area contributed by atoms with Gasteiger partial charge in [-0.15, -0.1) is 12.4 Å². The van der Waals surface area contributed by atoms with Gasteiger partial charge < -0.3 is 19.9 Å². The molecule has 1 aromatic carbocycles. The van der Waals surface area contributed by atoms with E-state index in [0.717, 1.165) is 5.56 Å². The van der Waals surface area contributed by atoms with E-state index in [4.69, 9.17) is 14.6 Å². The summed E-state index contributed by atoms with van der Waals surface area (Å²) in [5.41, 5.74) is 0.847. The number of hydrogen-bond donors (Lipinski definition) is 2. The number of nitrogens with one attached hydrogen (secondary N) is 1. The summed E-state index contributed by atoms with van der Waals surface area (Å²) in [6.07, 6.45) is 1.17. The first-order valence-corrected chi connectivity index (χ1v) is 8.41. The van der Waals surface area contributed by atoms with Crippen LogP contribution in [0, 0.1) is 5.92 Å².